The zero-order valence-corrected chi connectivity index (χ0v) is 14.2. The van der Waals surface area contributed by atoms with Crippen molar-refractivity contribution < 1.29 is 14.6 Å². The lowest BCUT2D eigenvalue weighted by atomic mass is 10.1. The molecule has 2 aromatic carbocycles. The zero-order chi connectivity index (χ0) is 17.8. The highest BCUT2D eigenvalue weighted by Crippen LogP contribution is 2.28. The molecule has 3 rings (SSSR count). The summed E-state index contributed by atoms with van der Waals surface area (Å²) in [6.45, 7) is 3.62. The van der Waals surface area contributed by atoms with Gasteiger partial charge in [0.15, 0.2) is 6.10 Å². The van der Waals surface area contributed by atoms with Crippen molar-refractivity contribution in [2.24, 2.45) is 5.92 Å². The van der Waals surface area contributed by atoms with E-state index in [4.69, 9.17) is 4.74 Å². The maximum absolute atomic E-state index is 11.4. The molecule has 5 heteroatoms. The fraction of sp³-hybridized carbons (Fsp3) is 0.200. The number of carboxylic acid groups (broad SMARTS) is 1. The maximum Gasteiger partial charge on any atom is 0.345 e. The van der Waals surface area contributed by atoms with E-state index in [1.54, 1.807) is 10.7 Å². The number of nitrogens with zero attached hydrogens (tertiary/aromatic N) is 2. The van der Waals surface area contributed by atoms with Crippen molar-refractivity contribution in [3.8, 4) is 22.8 Å². The molecule has 1 unspecified atom stereocenters. The van der Waals surface area contributed by atoms with Gasteiger partial charge in [0.1, 0.15) is 0 Å². The molecule has 1 heterocycles. The van der Waals surface area contributed by atoms with Gasteiger partial charge in [0.25, 0.3) is 0 Å². The first kappa shape index (κ1) is 16.8. The molecule has 1 N–H and O–H groups in total. The van der Waals surface area contributed by atoms with Crippen LogP contribution in [0.3, 0.4) is 0 Å². The molecule has 0 saturated heterocycles. The Labute approximate surface area is 146 Å². The van der Waals surface area contributed by atoms with E-state index >= 15 is 0 Å². The summed E-state index contributed by atoms with van der Waals surface area (Å²) in [6, 6.07) is 21.3. The highest BCUT2D eigenvalue weighted by Gasteiger charge is 2.25. The Morgan fingerprint density at radius 3 is 2.20 bits per heavy atom. The molecule has 0 bridgehead atoms. The number of carboxylic acids is 1. The van der Waals surface area contributed by atoms with E-state index in [9.17, 15) is 9.90 Å². The Kier molecular flexibility index (Phi) is 4.84. The van der Waals surface area contributed by atoms with Crippen molar-refractivity contribution in [1.29, 1.82) is 0 Å². The third kappa shape index (κ3) is 3.71. The van der Waals surface area contributed by atoms with Crippen LogP contribution in [0.2, 0.25) is 0 Å². The molecular weight excluding hydrogens is 316 g/mol. The summed E-state index contributed by atoms with van der Waals surface area (Å²) in [7, 11) is 0. The van der Waals surface area contributed by atoms with E-state index in [0.717, 1.165) is 16.9 Å². The van der Waals surface area contributed by atoms with Crippen LogP contribution >= 0.6 is 0 Å². The first-order valence-corrected chi connectivity index (χ1v) is 8.16. The van der Waals surface area contributed by atoms with Crippen LogP contribution in [0.15, 0.2) is 66.7 Å². The van der Waals surface area contributed by atoms with Crippen LogP contribution in [0.25, 0.3) is 16.9 Å². The minimum atomic E-state index is -0.995. The van der Waals surface area contributed by atoms with E-state index in [1.807, 2.05) is 74.5 Å². The lowest BCUT2D eigenvalue weighted by Crippen LogP contribution is -2.32. The van der Waals surface area contributed by atoms with Crippen LogP contribution in [-0.4, -0.2) is 27.0 Å². The first-order valence-electron chi connectivity index (χ1n) is 8.16. The second kappa shape index (κ2) is 7.21. The number of para-hydroxylation sites is 1. The van der Waals surface area contributed by atoms with Gasteiger partial charge in [-0.15, -0.1) is 5.10 Å². The average molecular weight is 336 g/mol. The van der Waals surface area contributed by atoms with Crippen LogP contribution in [0, 0.1) is 5.92 Å². The highest BCUT2D eigenvalue weighted by molar-refractivity contribution is 5.73. The molecule has 0 fully saturated rings. The quantitative estimate of drug-likeness (QED) is 0.738. The van der Waals surface area contributed by atoms with Gasteiger partial charge in [-0.2, -0.15) is 0 Å². The van der Waals surface area contributed by atoms with Crippen molar-refractivity contribution in [2.45, 2.75) is 20.0 Å². The predicted octanol–water partition coefficient (Wildman–Crippen LogP) is 4.03. The van der Waals surface area contributed by atoms with Crippen LogP contribution in [-0.2, 0) is 4.79 Å². The Hall–Kier alpha value is -3.08. The highest BCUT2D eigenvalue weighted by atomic mass is 16.5. The molecule has 25 heavy (non-hydrogen) atoms. The van der Waals surface area contributed by atoms with Gasteiger partial charge < -0.3 is 9.84 Å². The summed E-state index contributed by atoms with van der Waals surface area (Å²) >= 11 is 0. The van der Waals surface area contributed by atoms with E-state index in [1.165, 1.54) is 0 Å². The molecule has 0 amide bonds. The van der Waals surface area contributed by atoms with Gasteiger partial charge in [-0.1, -0.05) is 62.4 Å². The Balaban J connectivity index is 2.05. The van der Waals surface area contributed by atoms with Crippen molar-refractivity contribution >= 4 is 5.97 Å². The van der Waals surface area contributed by atoms with Gasteiger partial charge in [-0.05, 0) is 12.1 Å². The van der Waals surface area contributed by atoms with E-state index in [2.05, 4.69) is 5.10 Å². The predicted molar refractivity (Wildman–Crippen MR) is 95.9 cm³/mol. The van der Waals surface area contributed by atoms with E-state index < -0.39 is 12.1 Å². The third-order valence-corrected chi connectivity index (χ3v) is 3.85. The lowest BCUT2D eigenvalue weighted by Gasteiger charge is -2.16. The molecule has 0 spiro atoms. The molecule has 1 atom stereocenters. The molecule has 0 radical (unpaired) electrons. The second-order valence-corrected chi connectivity index (χ2v) is 6.10. The number of aliphatic carboxylic acids is 1. The number of rotatable bonds is 6. The minimum Gasteiger partial charge on any atom is -0.478 e. The molecular formula is C20H20N2O3. The minimum absolute atomic E-state index is 0.167. The number of ether oxygens (including phenoxy) is 1. The van der Waals surface area contributed by atoms with E-state index in [-0.39, 0.29) is 5.92 Å². The summed E-state index contributed by atoms with van der Waals surface area (Å²) in [5, 5.41) is 13.8. The Bertz CT molecular complexity index is 785. The standard InChI is InChI=1S/C20H20N2O3/c1-14(2)19(20(23)24)25-18-13-17(15-9-5-3-6-10-15)22(21-18)16-11-7-4-8-12-16/h3-14,19H,1-2H3,(H,23,24). The summed E-state index contributed by atoms with van der Waals surface area (Å²) in [5.74, 6) is -0.867. The Morgan fingerprint density at radius 1 is 1.04 bits per heavy atom. The number of aromatic nitrogens is 2. The van der Waals surface area contributed by atoms with Crippen LogP contribution in [0.1, 0.15) is 13.8 Å². The monoisotopic (exact) mass is 336 g/mol. The van der Waals surface area contributed by atoms with Gasteiger partial charge >= 0.3 is 5.97 Å². The van der Waals surface area contributed by atoms with Crippen LogP contribution in [0.4, 0.5) is 0 Å². The Morgan fingerprint density at radius 2 is 1.64 bits per heavy atom. The summed E-state index contributed by atoms with van der Waals surface area (Å²) in [4.78, 5) is 11.4. The van der Waals surface area contributed by atoms with Crippen LogP contribution in [0.5, 0.6) is 5.88 Å². The topological polar surface area (TPSA) is 64.4 Å². The molecule has 3 aromatic rings. The maximum atomic E-state index is 11.4. The zero-order valence-electron chi connectivity index (χ0n) is 14.2. The number of hydrogen-bond acceptors (Lipinski definition) is 3. The normalized spacial score (nSPS) is 12.1. The van der Waals surface area contributed by atoms with Crippen LogP contribution < -0.4 is 4.74 Å². The van der Waals surface area contributed by atoms with E-state index in [0.29, 0.717) is 5.88 Å². The third-order valence-electron chi connectivity index (χ3n) is 3.85. The molecule has 0 aliphatic carbocycles. The second-order valence-electron chi connectivity index (χ2n) is 6.10. The smallest absolute Gasteiger partial charge is 0.345 e. The SMILES string of the molecule is CC(C)C(Oc1cc(-c2ccccc2)n(-c2ccccc2)n1)C(=O)O. The van der Waals surface area contributed by atoms with Gasteiger partial charge in [-0.25, -0.2) is 9.48 Å². The lowest BCUT2D eigenvalue weighted by molar-refractivity contribution is -0.147. The fourth-order valence-corrected chi connectivity index (χ4v) is 2.60. The van der Waals surface area contributed by atoms with Crippen molar-refractivity contribution in [1.82, 2.24) is 9.78 Å². The van der Waals surface area contributed by atoms with Gasteiger partial charge in [0, 0.05) is 17.5 Å². The molecule has 0 aliphatic heterocycles. The summed E-state index contributed by atoms with van der Waals surface area (Å²) in [6.07, 6.45) is -0.942. The van der Waals surface area contributed by atoms with Crippen molar-refractivity contribution in [3.63, 3.8) is 0 Å². The van der Waals surface area contributed by atoms with Crippen molar-refractivity contribution in [2.75, 3.05) is 0 Å². The fourth-order valence-electron chi connectivity index (χ4n) is 2.60. The average Bonchev–Trinajstić information content (AvgIpc) is 3.05. The number of carbonyl (C=O) groups is 1. The molecule has 0 aliphatic rings. The summed E-state index contributed by atoms with van der Waals surface area (Å²) in [5.41, 5.74) is 2.70. The molecule has 0 saturated carbocycles. The first-order chi connectivity index (χ1) is 12.1. The summed E-state index contributed by atoms with van der Waals surface area (Å²) < 4.78 is 7.44. The van der Waals surface area contributed by atoms with Crippen molar-refractivity contribution in [3.05, 3.63) is 66.7 Å². The largest absolute Gasteiger partial charge is 0.478 e. The molecule has 128 valence electrons. The molecule has 1 aromatic heterocycles. The number of hydrogen-bond donors (Lipinski definition) is 1. The number of benzene rings is 2. The van der Waals surface area contributed by atoms with Gasteiger partial charge in [0.2, 0.25) is 5.88 Å². The van der Waals surface area contributed by atoms with Gasteiger partial charge in [-0.3, -0.25) is 0 Å². The van der Waals surface area contributed by atoms with Gasteiger partial charge in [0.05, 0.1) is 11.4 Å². The molecule has 5 nitrogen and oxygen atoms in total.